The Bertz CT molecular complexity index is 543. The molecule has 0 amide bonds. The molecule has 0 aliphatic rings. The normalized spacial score (nSPS) is 10.4. The highest BCUT2D eigenvalue weighted by Crippen LogP contribution is 2.27. The van der Waals surface area contributed by atoms with Crippen LogP contribution in [-0.2, 0) is 17.8 Å². The predicted octanol–water partition coefficient (Wildman–Crippen LogP) is 3.25. The molecule has 2 rings (SSSR count). The molecule has 1 aromatic carbocycles. The minimum absolute atomic E-state index is 0.611. The van der Waals surface area contributed by atoms with Crippen molar-refractivity contribution in [1.82, 2.24) is 4.98 Å². The number of aryl methyl sites for hydroxylation is 1. The highest BCUT2D eigenvalue weighted by molar-refractivity contribution is 5.42. The number of hydrogen-bond donors (Lipinski definition) is 0. The van der Waals surface area contributed by atoms with E-state index in [0.717, 1.165) is 36.5 Å². The number of rotatable bonds is 8. The molecule has 2 aromatic rings. The van der Waals surface area contributed by atoms with Gasteiger partial charge in [-0.2, -0.15) is 0 Å². The van der Waals surface area contributed by atoms with Gasteiger partial charge in [0.15, 0.2) is 11.5 Å². The number of aromatic nitrogens is 1. The van der Waals surface area contributed by atoms with Gasteiger partial charge in [0.05, 0.1) is 20.8 Å². The van der Waals surface area contributed by atoms with Crippen molar-refractivity contribution in [2.75, 3.05) is 20.8 Å². The van der Waals surface area contributed by atoms with Crippen LogP contribution in [0.25, 0.3) is 0 Å². The van der Waals surface area contributed by atoms with Gasteiger partial charge in [-0.05, 0) is 42.2 Å². The molecule has 0 radical (unpaired) electrons. The summed E-state index contributed by atoms with van der Waals surface area (Å²) >= 11 is 0. The molecule has 1 heterocycles. The van der Waals surface area contributed by atoms with Gasteiger partial charge >= 0.3 is 0 Å². The molecular weight excluding hydrogens is 266 g/mol. The molecule has 0 saturated heterocycles. The van der Waals surface area contributed by atoms with Crippen LogP contribution >= 0.6 is 0 Å². The Labute approximate surface area is 125 Å². The van der Waals surface area contributed by atoms with Crippen LogP contribution in [0, 0.1) is 0 Å². The molecule has 112 valence electrons. The van der Waals surface area contributed by atoms with E-state index in [4.69, 9.17) is 14.2 Å². The highest BCUT2D eigenvalue weighted by atomic mass is 16.5. The molecule has 0 atom stereocenters. The molecule has 0 spiro atoms. The summed E-state index contributed by atoms with van der Waals surface area (Å²) < 4.78 is 16.2. The maximum absolute atomic E-state index is 5.65. The first-order valence-corrected chi connectivity index (χ1v) is 7.01. The van der Waals surface area contributed by atoms with E-state index in [1.165, 1.54) is 5.56 Å². The molecule has 0 N–H and O–H groups in total. The summed E-state index contributed by atoms with van der Waals surface area (Å²) in [4.78, 5) is 4.06. The lowest BCUT2D eigenvalue weighted by Gasteiger charge is -2.09. The van der Waals surface area contributed by atoms with Crippen molar-refractivity contribution in [3.05, 3.63) is 53.9 Å². The third kappa shape index (κ3) is 4.76. The molecule has 0 aliphatic heterocycles. The smallest absolute Gasteiger partial charge is 0.160 e. The van der Waals surface area contributed by atoms with Crippen molar-refractivity contribution in [3.63, 3.8) is 0 Å². The molecule has 4 nitrogen and oxygen atoms in total. The van der Waals surface area contributed by atoms with E-state index in [2.05, 4.69) is 11.1 Å². The van der Waals surface area contributed by atoms with Crippen LogP contribution in [0.5, 0.6) is 11.5 Å². The second-order valence-corrected chi connectivity index (χ2v) is 4.71. The van der Waals surface area contributed by atoms with Crippen molar-refractivity contribution in [2.24, 2.45) is 0 Å². The Morgan fingerprint density at radius 1 is 1.00 bits per heavy atom. The summed E-state index contributed by atoms with van der Waals surface area (Å²) in [5.41, 5.74) is 2.32. The van der Waals surface area contributed by atoms with Crippen molar-refractivity contribution in [1.29, 1.82) is 0 Å². The van der Waals surface area contributed by atoms with Gasteiger partial charge in [-0.3, -0.25) is 4.98 Å². The van der Waals surface area contributed by atoms with Gasteiger partial charge in [0.25, 0.3) is 0 Å². The topological polar surface area (TPSA) is 40.6 Å². The summed E-state index contributed by atoms with van der Waals surface area (Å²) in [6, 6.07) is 9.94. The summed E-state index contributed by atoms with van der Waals surface area (Å²) in [6.45, 7) is 1.34. The van der Waals surface area contributed by atoms with Crippen LogP contribution in [0.4, 0.5) is 0 Å². The fraction of sp³-hybridized carbons (Fsp3) is 0.353. The zero-order valence-electron chi connectivity index (χ0n) is 12.5. The van der Waals surface area contributed by atoms with Crippen molar-refractivity contribution in [2.45, 2.75) is 19.4 Å². The second kappa shape index (κ2) is 8.27. The molecular formula is C17H21NO3. The van der Waals surface area contributed by atoms with Gasteiger partial charge in [-0.25, -0.2) is 0 Å². The standard InChI is InChI=1S/C17H21NO3/c1-19-16-8-7-14(11-17(16)20-2)6-4-10-21-13-15-5-3-9-18-12-15/h3,5,7-9,11-12H,4,6,10,13H2,1-2H3. The van der Waals surface area contributed by atoms with Crippen molar-refractivity contribution >= 4 is 0 Å². The minimum atomic E-state index is 0.611. The van der Waals surface area contributed by atoms with Crippen LogP contribution in [0.2, 0.25) is 0 Å². The summed E-state index contributed by atoms with van der Waals surface area (Å²) in [5.74, 6) is 1.53. The summed E-state index contributed by atoms with van der Waals surface area (Å²) in [6.07, 6.45) is 5.51. The van der Waals surface area contributed by atoms with Crippen LogP contribution in [-0.4, -0.2) is 25.8 Å². The van der Waals surface area contributed by atoms with E-state index >= 15 is 0 Å². The maximum Gasteiger partial charge on any atom is 0.160 e. The van der Waals surface area contributed by atoms with Gasteiger partial charge in [0, 0.05) is 19.0 Å². The van der Waals surface area contributed by atoms with Crippen LogP contribution in [0.15, 0.2) is 42.7 Å². The second-order valence-electron chi connectivity index (χ2n) is 4.71. The number of hydrogen-bond acceptors (Lipinski definition) is 4. The lowest BCUT2D eigenvalue weighted by Crippen LogP contribution is -1.98. The van der Waals surface area contributed by atoms with E-state index in [0.29, 0.717) is 6.61 Å². The molecule has 4 heteroatoms. The maximum atomic E-state index is 5.65. The van der Waals surface area contributed by atoms with Crippen molar-refractivity contribution < 1.29 is 14.2 Å². The van der Waals surface area contributed by atoms with Crippen LogP contribution in [0.3, 0.4) is 0 Å². The lowest BCUT2D eigenvalue weighted by atomic mass is 10.1. The van der Waals surface area contributed by atoms with Gasteiger partial charge in [-0.15, -0.1) is 0 Å². The van der Waals surface area contributed by atoms with E-state index in [1.807, 2.05) is 30.5 Å². The van der Waals surface area contributed by atoms with E-state index < -0.39 is 0 Å². The van der Waals surface area contributed by atoms with Gasteiger partial charge < -0.3 is 14.2 Å². The highest BCUT2D eigenvalue weighted by Gasteiger charge is 2.04. The quantitative estimate of drug-likeness (QED) is 0.699. The van der Waals surface area contributed by atoms with E-state index in [9.17, 15) is 0 Å². The predicted molar refractivity (Wildman–Crippen MR) is 81.8 cm³/mol. The average Bonchev–Trinajstić information content (AvgIpc) is 2.55. The van der Waals surface area contributed by atoms with E-state index in [1.54, 1.807) is 20.4 Å². The number of nitrogens with zero attached hydrogens (tertiary/aromatic N) is 1. The Hall–Kier alpha value is -2.07. The third-order valence-electron chi connectivity index (χ3n) is 3.19. The third-order valence-corrected chi connectivity index (χ3v) is 3.19. The van der Waals surface area contributed by atoms with E-state index in [-0.39, 0.29) is 0 Å². The molecule has 21 heavy (non-hydrogen) atoms. The fourth-order valence-corrected chi connectivity index (χ4v) is 2.09. The first-order chi connectivity index (χ1) is 10.3. The largest absolute Gasteiger partial charge is 0.493 e. The Morgan fingerprint density at radius 3 is 2.57 bits per heavy atom. The molecule has 0 bridgehead atoms. The zero-order valence-corrected chi connectivity index (χ0v) is 12.5. The first kappa shape index (κ1) is 15.3. The lowest BCUT2D eigenvalue weighted by molar-refractivity contribution is 0.118. The molecule has 0 aliphatic carbocycles. The monoisotopic (exact) mass is 287 g/mol. The van der Waals surface area contributed by atoms with Gasteiger partial charge in [0.2, 0.25) is 0 Å². The van der Waals surface area contributed by atoms with Gasteiger partial charge in [-0.1, -0.05) is 12.1 Å². The first-order valence-electron chi connectivity index (χ1n) is 7.01. The fourth-order valence-electron chi connectivity index (χ4n) is 2.09. The Balaban J connectivity index is 1.73. The summed E-state index contributed by atoms with van der Waals surface area (Å²) in [7, 11) is 3.29. The Morgan fingerprint density at radius 2 is 1.86 bits per heavy atom. The average molecular weight is 287 g/mol. The molecule has 0 fully saturated rings. The molecule has 1 aromatic heterocycles. The SMILES string of the molecule is COc1ccc(CCCOCc2cccnc2)cc1OC. The Kier molecular flexibility index (Phi) is 6.03. The molecule has 0 unspecified atom stereocenters. The van der Waals surface area contributed by atoms with Gasteiger partial charge in [0.1, 0.15) is 0 Å². The van der Waals surface area contributed by atoms with Crippen LogP contribution < -0.4 is 9.47 Å². The zero-order chi connectivity index (χ0) is 14.9. The van der Waals surface area contributed by atoms with Crippen LogP contribution in [0.1, 0.15) is 17.5 Å². The number of methoxy groups -OCH3 is 2. The van der Waals surface area contributed by atoms with Crippen molar-refractivity contribution in [3.8, 4) is 11.5 Å². The number of pyridine rings is 1. The molecule has 0 saturated carbocycles. The minimum Gasteiger partial charge on any atom is -0.493 e. The summed E-state index contributed by atoms with van der Waals surface area (Å²) in [5, 5.41) is 0. The number of ether oxygens (including phenoxy) is 3. The number of benzene rings is 1.